The van der Waals surface area contributed by atoms with Crippen molar-refractivity contribution in [3.05, 3.63) is 64.7 Å². The molecular weight excluding hydrogens is 314 g/mol. The number of hydrogen-bond donors (Lipinski definition) is 3. The van der Waals surface area contributed by atoms with Crippen LogP contribution in [0.4, 0.5) is 10.5 Å². The number of benzene rings is 2. The Balaban J connectivity index is 1.72. The molecule has 0 aliphatic heterocycles. The van der Waals surface area contributed by atoms with E-state index in [2.05, 4.69) is 16.7 Å². The lowest BCUT2D eigenvalue weighted by molar-refractivity contribution is -0.116. The lowest BCUT2D eigenvalue weighted by Crippen LogP contribution is -2.35. The number of urea groups is 1. The molecule has 1 atom stereocenters. The van der Waals surface area contributed by atoms with Crippen molar-refractivity contribution in [1.29, 1.82) is 0 Å². The average Bonchev–Trinajstić information content (AvgIpc) is 3.02. The lowest BCUT2D eigenvalue weighted by atomic mass is 9.98. The highest BCUT2D eigenvalue weighted by molar-refractivity contribution is 5.91. The zero-order chi connectivity index (χ0) is 17.8. The van der Waals surface area contributed by atoms with Gasteiger partial charge in [0.15, 0.2) is 0 Å². The summed E-state index contributed by atoms with van der Waals surface area (Å²) >= 11 is 0. The van der Waals surface area contributed by atoms with Gasteiger partial charge >= 0.3 is 6.03 Å². The molecule has 0 spiro atoms. The Morgan fingerprint density at radius 3 is 2.64 bits per heavy atom. The number of aryl methyl sites for hydroxylation is 3. The molecule has 25 heavy (non-hydrogen) atoms. The van der Waals surface area contributed by atoms with Gasteiger partial charge in [0.2, 0.25) is 5.91 Å². The molecule has 0 radical (unpaired) electrons. The largest absolute Gasteiger partial charge is 0.352 e. The first-order chi connectivity index (χ1) is 12.0. The number of carbonyl (C=O) groups is 2. The Morgan fingerprint density at radius 2 is 1.88 bits per heavy atom. The molecule has 0 saturated carbocycles. The number of nitrogens with one attached hydrogen (secondary N) is 2. The van der Waals surface area contributed by atoms with Gasteiger partial charge in [0, 0.05) is 5.69 Å². The summed E-state index contributed by atoms with van der Waals surface area (Å²) in [5, 5.41) is 5.61. The van der Waals surface area contributed by atoms with Crippen LogP contribution in [0.5, 0.6) is 0 Å². The Bertz CT molecular complexity index is 801. The van der Waals surface area contributed by atoms with Gasteiger partial charge in [0.1, 0.15) is 0 Å². The zero-order valence-electron chi connectivity index (χ0n) is 14.3. The second kappa shape index (κ2) is 7.38. The highest BCUT2D eigenvalue weighted by Gasteiger charge is 2.19. The topological polar surface area (TPSA) is 84.2 Å². The quantitative estimate of drug-likeness (QED) is 0.782. The van der Waals surface area contributed by atoms with Gasteiger partial charge in [-0.25, -0.2) is 4.79 Å². The molecule has 130 valence electrons. The Labute approximate surface area is 147 Å². The van der Waals surface area contributed by atoms with E-state index in [1.807, 2.05) is 43.3 Å². The third kappa shape index (κ3) is 4.18. The normalized spacial score (nSPS) is 13.8. The lowest BCUT2D eigenvalue weighted by Gasteiger charge is -2.19. The van der Waals surface area contributed by atoms with Crippen LogP contribution in [-0.2, 0) is 17.6 Å². The van der Waals surface area contributed by atoms with Crippen LogP contribution in [0.1, 0.15) is 41.1 Å². The number of nitrogens with two attached hydrogens (primary N) is 1. The van der Waals surface area contributed by atoms with Gasteiger partial charge in [-0.3, -0.25) is 4.79 Å². The minimum atomic E-state index is -0.640. The van der Waals surface area contributed by atoms with Crippen LogP contribution in [0.15, 0.2) is 42.5 Å². The van der Waals surface area contributed by atoms with Gasteiger partial charge in [-0.2, -0.15) is 0 Å². The smallest absolute Gasteiger partial charge is 0.312 e. The van der Waals surface area contributed by atoms with Crippen molar-refractivity contribution >= 4 is 17.6 Å². The summed E-state index contributed by atoms with van der Waals surface area (Å²) in [7, 11) is 0. The molecule has 0 fully saturated rings. The van der Waals surface area contributed by atoms with Gasteiger partial charge in [0.25, 0.3) is 0 Å². The fourth-order valence-electron chi connectivity index (χ4n) is 3.44. The molecule has 2 aromatic carbocycles. The SMILES string of the molecule is Cc1ccccc1C(CC(=O)Nc1ccc2c(c1)CCC2)NC(N)=O. The van der Waals surface area contributed by atoms with Crippen LogP contribution in [-0.4, -0.2) is 11.9 Å². The number of rotatable bonds is 5. The second-order valence-corrected chi connectivity index (χ2v) is 6.51. The Morgan fingerprint density at radius 1 is 1.12 bits per heavy atom. The maximum absolute atomic E-state index is 12.5. The molecule has 1 aliphatic carbocycles. The van der Waals surface area contributed by atoms with Crippen LogP contribution in [0.3, 0.4) is 0 Å². The highest BCUT2D eigenvalue weighted by atomic mass is 16.2. The molecule has 5 nitrogen and oxygen atoms in total. The van der Waals surface area contributed by atoms with E-state index in [9.17, 15) is 9.59 Å². The van der Waals surface area contributed by atoms with Crippen molar-refractivity contribution in [2.45, 2.75) is 38.6 Å². The van der Waals surface area contributed by atoms with Gasteiger partial charge in [-0.1, -0.05) is 30.3 Å². The molecule has 3 rings (SSSR count). The van der Waals surface area contributed by atoms with Crippen LogP contribution >= 0.6 is 0 Å². The van der Waals surface area contributed by atoms with Crippen molar-refractivity contribution in [3.63, 3.8) is 0 Å². The maximum atomic E-state index is 12.5. The van der Waals surface area contributed by atoms with Gasteiger partial charge in [-0.05, 0) is 60.6 Å². The monoisotopic (exact) mass is 337 g/mol. The van der Waals surface area contributed by atoms with Gasteiger partial charge in [0.05, 0.1) is 12.5 Å². The van der Waals surface area contributed by atoms with E-state index in [4.69, 9.17) is 5.73 Å². The molecule has 4 N–H and O–H groups in total. The van der Waals surface area contributed by atoms with E-state index in [-0.39, 0.29) is 12.3 Å². The minimum absolute atomic E-state index is 0.130. The molecule has 0 heterocycles. The molecular formula is C20H23N3O2. The van der Waals surface area contributed by atoms with Gasteiger partial charge in [-0.15, -0.1) is 0 Å². The van der Waals surface area contributed by atoms with Crippen molar-refractivity contribution in [1.82, 2.24) is 5.32 Å². The molecule has 5 heteroatoms. The third-order valence-corrected chi connectivity index (χ3v) is 4.65. The second-order valence-electron chi connectivity index (χ2n) is 6.51. The van der Waals surface area contributed by atoms with Crippen LogP contribution in [0.25, 0.3) is 0 Å². The Hall–Kier alpha value is -2.82. The first kappa shape index (κ1) is 17.0. The average molecular weight is 337 g/mol. The van der Waals surface area contributed by atoms with Crippen LogP contribution in [0.2, 0.25) is 0 Å². The number of carbonyl (C=O) groups excluding carboxylic acids is 2. The standard InChI is InChI=1S/C20H23N3O2/c1-13-5-2-3-8-17(13)18(23-20(21)25)12-19(24)22-16-10-9-14-6-4-7-15(14)11-16/h2-3,5,8-11,18H,4,6-7,12H2,1H3,(H,22,24)(H3,21,23,25). The fraction of sp³-hybridized carbons (Fsp3) is 0.300. The predicted octanol–water partition coefficient (Wildman–Crippen LogP) is 3.22. The van der Waals surface area contributed by atoms with E-state index >= 15 is 0 Å². The number of primary amides is 1. The molecule has 0 bridgehead atoms. The summed E-state index contributed by atoms with van der Waals surface area (Å²) in [6, 6.07) is 12.6. The van der Waals surface area contributed by atoms with Crippen LogP contribution < -0.4 is 16.4 Å². The van der Waals surface area contributed by atoms with Crippen LogP contribution in [0, 0.1) is 6.92 Å². The number of amides is 3. The maximum Gasteiger partial charge on any atom is 0.312 e. The predicted molar refractivity (Wildman–Crippen MR) is 98.4 cm³/mol. The fourth-order valence-corrected chi connectivity index (χ4v) is 3.44. The summed E-state index contributed by atoms with van der Waals surface area (Å²) in [5.74, 6) is -0.153. The Kier molecular flexibility index (Phi) is 5.03. The highest BCUT2D eigenvalue weighted by Crippen LogP contribution is 2.26. The first-order valence-corrected chi connectivity index (χ1v) is 8.56. The summed E-state index contributed by atoms with van der Waals surface area (Å²) in [5.41, 5.74) is 10.7. The van der Waals surface area contributed by atoms with Gasteiger partial charge < -0.3 is 16.4 Å². The van der Waals surface area contributed by atoms with E-state index in [0.29, 0.717) is 0 Å². The van der Waals surface area contributed by atoms with Crippen molar-refractivity contribution in [2.24, 2.45) is 5.73 Å². The minimum Gasteiger partial charge on any atom is -0.352 e. The number of hydrogen-bond acceptors (Lipinski definition) is 2. The molecule has 0 saturated heterocycles. The summed E-state index contributed by atoms with van der Waals surface area (Å²) in [6.45, 7) is 1.95. The third-order valence-electron chi connectivity index (χ3n) is 4.65. The molecule has 2 aromatic rings. The van der Waals surface area contributed by atoms with E-state index < -0.39 is 12.1 Å². The number of anilines is 1. The summed E-state index contributed by atoms with van der Waals surface area (Å²) < 4.78 is 0. The van der Waals surface area contributed by atoms with Crippen molar-refractivity contribution in [2.75, 3.05) is 5.32 Å². The summed E-state index contributed by atoms with van der Waals surface area (Å²) in [4.78, 5) is 23.8. The van der Waals surface area contributed by atoms with E-state index in [0.717, 1.165) is 29.7 Å². The van der Waals surface area contributed by atoms with Crippen molar-refractivity contribution in [3.8, 4) is 0 Å². The summed E-state index contributed by atoms with van der Waals surface area (Å²) in [6.07, 6.45) is 3.48. The number of fused-ring (bicyclic) bond motifs is 1. The zero-order valence-corrected chi connectivity index (χ0v) is 14.3. The van der Waals surface area contributed by atoms with Crippen molar-refractivity contribution < 1.29 is 9.59 Å². The van der Waals surface area contributed by atoms with E-state index in [1.54, 1.807) is 0 Å². The molecule has 3 amide bonds. The molecule has 1 unspecified atom stereocenters. The molecule has 0 aromatic heterocycles. The molecule has 1 aliphatic rings. The van der Waals surface area contributed by atoms with E-state index in [1.165, 1.54) is 17.5 Å². The first-order valence-electron chi connectivity index (χ1n) is 8.56.